The van der Waals surface area contributed by atoms with Crippen LogP contribution in [0.3, 0.4) is 0 Å². The van der Waals surface area contributed by atoms with Gasteiger partial charge in [-0.15, -0.1) is 0 Å². The lowest BCUT2D eigenvalue weighted by molar-refractivity contribution is -0.116. The highest BCUT2D eigenvalue weighted by Gasteiger charge is 2.01. The molecular formula is C11H13N5O. The largest absolute Gasteiger partial charge is 0.330 e. The fraction of sp³-hybridized carbons (Fsp3) is 0.182. The van der Waals surface area contributed by atoms with Crippen LogP contribution in [0.4, 0.5) is 5.69 Å². The Balaban J connectivity index is 2.06. The van der Waals surface area contributed by atoms with Crippen LogP contribution in [0.1, 0.15) is 6.42 Å². The fourth-order valence-electron chi connectivity index (χ4n) is 1.38. The Bertz CT molecular complexity index is 477. The molecule has 2 aromatic rings. The molecule has 1 amide bonds. The molecule has 0 aliphatic carbocycles. The summed E-state index contributed by atoms with van der Waals surface area (Å²) in [6.45, 7) is 0.348. The van der Waals surface area contributed by atoms with Gasteiger partial charge in [0.1, 0.15) is 0 Å². The highest BCUT2D eigenvalue weighted by atomic mass is 16.1. The highest BCUT2D eigenvalue weighted by Crippen LogP contribution is 2.11. The van der Waals surface area contributed by atoms with Crippen molar-refractivity contribution in [2.45, 2.75) is 6.42 Å². The third-order valence-corrected chi connectivity index (χ3v) is 2.17. The number of nitrogens with zero attached hydrogens (tertiary/aromatic N) is 3. The molecular weight excluding hydrogens is 218 g/mol. The monoisotopic (exact) mass is 231 g/mol. The number of rotatable bonds is 4. The van der Waals surface area contributed by atoms with Gasteiger partial charge in [0.05, 0.1) is 18.1 Å². The second-order valence-electron chi connectivity index (χ2n) is 3.45. The molecule has 0 radical (unpaired) electrons. The SMILES string of the molecule is NCCC(=O)Nc1ccc(-n2nccn2)cc1. The Labute approximate surface area is 98.4 Å². The molecule has 0 bridgehead atoms. The van der Waals surface area contributed by atoms with Crippen molar-refractivity contribution < 1.29 is 4.79 Å². The third-order valence-electron chi connectivity index (χ3n) is 2.17. The first kappa shape index (κ1) is 11.3. The van der Waals surface area contributed by atoms with E-state index in [1.807, 2.05) is 12.1 Å². The van der Waals surface area contributed by atoms with Crippen LogP contribution in [-0.2, 0) is 4.79 Å². The molecule has 0 saturated carbocycles. The van der Waals surface area contributed by atoms with Gasteiger partial charge in [0, 0.05) is 18.7 Å². The number of amides is 1. The maximum atomic E-state index is 11.3. The summed E-state index contributed by atoms with van der Waals surface area (Å²) in [6.07, 6.45) is 3.54. The first-order valence-corrected chi connectivity index (χ1v) is 5.26. The molecule has 6 nitrogen and oxygen atoms in total. The van der Waals surface area contributed by atoms with Gasteiger partial charge in [-0.1, -0.05) is 0 Å². The van der Waals surface area contributed by atoms with Crippen molar-refractivity contribution in [3.05, 3.63) is 36.7 Å². The fourth-order valence-corrected chi connectivity index (χ4v) is 1.38. The van der Waals surface area contributed by atoms with E-state index in [9.17, 15) is 4.79 Å². The highest BCUT2D eigenvalue weighted by molar-refractivity contribution is 5.90. The molecule has 0 fully saturated rings. The lowest BCUT2D eigenvalue weighted by Gasteiger charge is -2.05. The van der Waals surface area contributed by atoms with Crippen molar-refractivity contribution in [3.63, 3.8) is 0 Å². The smallest absolute Gasteiger partial charge is 0.225 e. The van der Waals surface area contributed by atoms with Crippen LogP contribution in [0.25, 0.3) is 5.69 Å². The molecule has 6 heteroatoms. The number of anilines is 1. The van der Waals surface area contributed by atoms with Crippen LogP contribution < -0.4 is 11.1 Å². The zero-order chi connectivity index (χ0) is 12.1. The average Bonchev–Trinajstić information content (AvgIpc) is 2.84. The molecule has 0 aliphatic heterocycles. The predicted molar refractivity (Wildman–Crippen MR) is 63.7 cm³/mol. The van der Waals surface area contributed by atoms with Gasteiger partial charge in [-0.05, 0) is 24.3 Å². The number of carbonyl (C=O) groups excluding carboxylic acids is 1. The molecule has 0 atom stereocenters. The van der Waals surface area contributed by atoms with Gasteiger partial charge < -0.3 is 11.1 Å². The average molecular weight is 231 g/mol. The minimum absolute atomic E-state index is 0.0857. The summed E-state index contributed by atoms with van der Waals surface area (Å²) in [4.78, 5) is 12.8. The van der Waals surface area contributed by atoms with Gasteiger partial charge in [-0.25, -0.2) is 0 Å². The zero-order valence-electron chi connectivity index (χ0n) is 9.21. The minimum atomic E-state index is -0.0857. The zero-order valence-corrected chi connectivity index (χ0v) is 9.21. The Morgan fingerprint density at radius 3 is 2.47 bits per heavy atom. The van der Waals surface area contributed by atoms with Crippen molar-refractivity contribution in [3.8, 4) is 5.69 Å². The quantitative estimate of drug-likeness (QED) is 0.804. The molecule has 1 heterocycles. The van der Waals surface area contributed by atoms with Crippen LogP contribution in [0, 0.1) is 0 Å². The van der Waals surface area contributed by atoms with Crippen LogP contribution >= 0.6 is 0 Å². The molecule has 1 aromatic heterocycles. The first-order valence-electron chi connectivity index (χ1n) is 5.26. The van der Waals surface area contributed by atoms with E-state index in [0.717, 1.165) is 11.4 Å². The minimum Gasteiger partial charge on any atom is -0.330 e. The summed E-state index contributed by atoms with van der Waals surface area (Å²) in [5.74, 6) is -0.0857. The predicted octanol–water partition coefficient (Wildman–Crippen LogP) is 0.555. The van der Waals surface area contributed by atoms with Gasteiger partial charge in [-0.3, -0.25) is 4.79 Å². The number of aromatic nitrogens is 3. The molecule has 88 valence electrons. The summed E-state index contributed by atoms with van der Waals surface area (Å²) in [6, 6.07) is 7.26. The lowest BCUT2D eigenvalue weighted by atomic mass is 10.2. The summed E-state index contributed by atoms with van der Waals surface area (Å²) >= 11 is 0. The van der Waals surface area contributed by atoms with Crippen molar-refractivity contribution in [2.75, 3.05) is 11.9 Å². The third kappa shape index (κ3) is 2.88. The van der Waals surface area contributed by atoms with Crippen LogP contribution in [0.2, 0.25) is 0 Å². The molecule has 0 saturated heterocycles. The van der Waals surface area contributed by atoms with Gasteiger partial charge in [-0.2, -0.15) is 15.0 Å². The van der Waals surface area contributed by atoms with Crippen molar-refractivity contribution in [2.24, 2.45) is 5.73 Å². The van der Waals surface area contributed by atoms with Crippen LogP contribution in [0.5, 0.6) is 0 Å². The summed E-state index contributed by atoms with van der Waals surface area (Å²) in [5, 5.41) is 10.8. The topological polar surface area (TPSA) is 85.8 Å². The van der Waals surface area contributed by atoms with Gasteiger partial charge in [0.25, 0.3) is 0 Å². The second kappa shape index (κ2) is 5.22. The molecule has 3 N–H and O–H groups in total. The number of hydrogen-bond acceptors (Lipinski definition) is 4. The number of nitrogens with one attached hydrogen (secondary N) is 1. The Kier molecular flexibility index (Phi) is 3.46. The van der Waals surface area contributed by atoms with E-state index in [1.54, 1.807) is 24.5 Å². The van der Waals surface area contributed by atoms with Gasteiger partial charge in [0.2, 0.25) is 5.91 Å². The lowest BCUT2D eigenvalue weighted by Crippen LogP contribution is -2.16. The summed E-state index contributed by atoms with van der Waals surface area (Å²) < 4.78 is 0. The van der Waals surface area contributed by atoms with E-state index < -0.39 is 0 Å². The standard InChI is InChI=1S/C11H13N5O/c12-6-5-11(17)15-9-1-3-10(4-2-9)16-13-7-8-14-16/h1-4,7-8H,5-6,12H2,(H,15,17). The summed E-state index contributed by atoms with van der Waals surface area (Å²) in [5.41, 5.74) is 6.87. The van der Waals surface area contributed by atoms with E-state index in [-0.39, 0.29) is 5.91 Å². The molecule has 17 heavy (non-hydrogen) atoms. The molecule has 0 unspecified atom stereocenters. The Morgan fingerprint density at radius 1 is 1.24 bits per heavy atom. The number of benzene rings is 1. The maximum absolute atomic E-state index is 11.3. The van der Waals surface area contributed by atoms with Gasteiger partial charge >= 0.3 is 0 Å². The van der Waals surface area contributed by atoms with E-state index in [1.165, 1.54) is 4.80 Å². The van der Waals surface area contributed by atoms with E-state index in [0.29, 0.717) is 13.0 Å². The molecule has 2 rings (SSSR count). The Hall–Kier alpha value is -2.21. The molecule has 0 aliphatic rings. The van der Waals surface area contributed by atoms with Crippen molar-refractivity contribution in [1.29, 1.82) is 0 Å². The number of carbonyl (C=O) groups is 1. The van der Waals surface area contributed by atoms with Gasteiger partial charge in [0.15, 0.2) is 0 Å². The Morgan fingerprint density at radius 2 is 1.88 bits per heavy atom. The number of hydrogen-bond donors (Lipinski definition) is 2. The van der Waals surface area contributed by atoms with E-state index in [2.05, 4.69) is 15.5 Å². The van der Waals surface area contributed by atoms with E-state index in [4.69, 9.17) is 5.73 Å². The maximum Gasteiger partial charge on any atom is 0.225 e. The normalized spacial score (nSPS) is 10.2. The first-order chi connectivity index (χ1) is 8.29. The second-order valence-corrected chi connectivity index (χ2v) is 3.45. The van der Waals surface area contributed by atoms with Crippen molar-refractivity contribution >= 4 is 11.6 Å². The molecule has 0 spiro atoms. The van der Waals surface area contributed by atoms with Crippen molar-refractivity contribution in [1.82, 2.24) is 15.0 Å². The van der Waals surface area contributed by atoms with E-state index >= 15 is 0 Å². The summed E-state index contributed by atoms with van der Waals surface area (Å²) in [7, 11) is 0. The van der Waals surface area contributed by atoms with Crippen LogP contribution in [-0.4, -0.2) is 27.4 Å². The molecule has 1 aromatic carbocycles. The van der Waals surface area contributed by atoms with Crippen LogP contribution in [0.15, 0.2) is 36.7 Å². The number of nitrogens with two attached hydrogens (primary N) is 1.